The molecule has 1 amide bonds. The Kier molecular flexibility index (Phi) is 2.48. The van der Waals surface area contributed by atoms with E-state index in [1.54, 1.807) is 6.08 Å². The maximum Gasteiger partial charge on any atom is 0.226 e. The van der Waals surface area contributed by atoms with E-state index in [4.69, 9.17) is 5.41 Å². The van der Waals surface area contributed by atoms with Crippen molar-refractivity contribution in [2.75, 3.05) is 6.54 Å². The summed E-state index contributed by atoms with van der Waals surface area (Å²) in [6, 6.07) is 0. The van der Waals surface area contributed by atoms with E-state index in [1.165, 1.54) is 0 Å². The molecule has 2 rings (SSSR count). The summed E-state index contributed by atoms with van der Waals surface area (Å²) in [5, 5.41) is 7.41. The second-order valence-electron chi connectivity index (χ2n) is 3.69. The van der Waals surface area contributed by atoms with Crippen LogP contribution in [0.1, 0.15) is 25.7 Å². The smallest absolute Gasteiger partial charge is 0.226 e. The van der Waals surface area contributed by atoms with Gasteiger partial charge >= 0.3 is 0 Å². The second-order valence-corrected chi connectivity index (χ2v) is 3.69. The molecule has 0 aromatic rings. The molecule has 1 N–H and O–H groups in total. The van der Waals surface area contributed by atoms with Crippen molar-refractivity contribution in [3.05, 3.63) is 23.9 Å². The summed E-state index contributed by atoms with van der Waals surface area (Å²) >= 11 is 0. The zero-order chi connectivity index (χ0) is 9.97. The molecule has 0 unspecified atom stereocenters. The van der Waals surface area contributed by atoms with Crippen LogP contribution < -0.4 is 0 Å². The van der Waals surface area contributed by atoms with Crippen LogP contribution in [-0.4, -0.2) is 23.1 Å². The lowest BCUT2D eigenvalue weighted by molar-refractivity contribution is -0.130. The molecule has 0 saturated carbocycles. The molecule has 3 nitrogen and oxygen atoms in total. The average molecular weight is 190 g/mol. The van der Waals surface area contributed by atoms with E-state index in [-0.39, 0.29) is 5.91 Å². The van der Waals surface area contributed by atoms with E-state index in [9.17, 15) is 4.79 Å². The number of likely N-dealkylation sites (tertiary alicyclic amines) is 1. The Morgan fingerprint density at radius 2 is 2.14 bits per heavy atom. The van der Waals surface area contributed by atoms with Crippen molar-refractivity contribution < 1.29 is 4.79 Å². The van der Waals surface area contributed by atoms with Gasteiger partial charge in [0.15, 0.2) is 0 Å². The number of nitrogens with zero attached hydrogens (tertiary/aromatic N) is 1. The van der Waals surface area contributed by atoms with E-state index in [0.29, 0.717) is 18.6 Å². The fourth-order valence-corrected chi connectivity index (χ4v) is 1.82. The maximum absolute atomic E-state index is 11.6. The van der Waals surface area contributed by atoms with Gasteiger partial charge in [-0.25, -0.2) is 0 Å². The first-order valence-electron chi connectivity index (χ1n) is 5.03. The van der Waals surface area contributed by atoms with Crippen LogP contribution in [-0.2, 0) is 4.79 Å². The Hall–Kier alpha value is -1.38. The average Bonchev–Trinajstić information content (AvgIpc) is 2.20. The maximum atomic E-state index is 11.6. The molecular weight excluding hydrogens is 176 g/mol. The first-order valence-corrected chi connectivity index (χ1v) is 5.03. The Labute approximate surface area is 83.6 Å². The van der Waals surface area contributed by atoms with Gasteiger partial charge in [0.05, 0.1) is 0 Å². The highest BCUT2D eigenvalue weighted by Gasteiger charge is 2.20. The molecule has 1 fully saturated rings. The van der Waals surface area contributed by atoms with Gasteiger partial charge in [-0.2, -0.15) is 0 Å². The van der Waals surface area contributed by atoms with Crippen molar-refractivity contribution in [2.24, 2.45) is 0 Å². The van der Waals surface area contributed by atoms with Crippen LogP contribution in [0.25, 0.3) is 0 Å². The monoisotopic (exact) mass is 190 g/mol. The van der Waals surface area contributed by atoms with Gasteiger partial charge in [-0.3, -0.25) is 4.79 Å². The number of rotatable bonds is 1. The van der Waals surface area contributed by atoms with Crippen LogP contribution in [0, 0.1) is 5.41 Å². The minimum Gasteiger partial charge on any atom is -0.313 e. The summed E-state index contributed by atoms with van der Waals surface area (Å²) in [5.41, 5.74) is 1.59. The number of piperidine rings is 1. The van der Waals surface area contributed by atoms with Gasteiger partial charge in [0.1, 0.15) is 0 Å². The lowest BCUT2D eigenvalue weighted by Gasteiger charge is -2.28. The molecule has 0 atom stereocenters. The summed E-state index contributed by atoms with van der Waals surface area (Å²) in [6.45, 7) is 0.836. The van der Waals surface area contributed by atoms with Crippen LogP contribution in [0.15, 0.2) is 23.9 Å². The van der Waals surface area contributed by atoms with Crippen molar-refractivity contribution >= 4 is 11.6 Å². The van der Waals surface area contributed by atoms with Gasteiger partial charge in [0.25, 0.3) is 0 Å². The molecule has 0 bridgehead atoms. The van der Waals surface area contributed by atoms with Gasteiger partial charge in [-0.1, -0.05) is 6.08 Å². The van der Waals surface area contributed by atoms with Gasteiger partial charge in [0, 0.05) is 30.8 Å². The SMILES string of the molecule is N=C1C=CC(N2CCCCC2=O)=CC1. The molecule has 0 radical (unpaired) electrons. The highest BCUT2D eigenvalue weighted by atomic mass is 16.2. The third-order valence-corrected chi connectivity index (χ3v) is 2.62. The lowest BCUT2D eigenvalue weighted by Crippen LogP contribution is -2.34. The van der Waals surface area contributed by atoms with Crippen molar-refractivity contribution in [2.45, 2.75) is 25.7 Å². The van der Waals surface area contributed by atoms with Gasteiger partial charge in [-0.05, 0) is 25.0 Å². The molecule has 14 heavy (non-hydrogen) atoms. The number of nitrogens with one attached hydrogen (secondary N) is 1. The minimum absolute atomic E-state index is 0.223. The lowest BCUT2D eigenvalue weighted by atomic mass is 10.1. The van der Waals surface area contributed by atoms with Gasteiger partial charge in [-0.15, -0.1) is 0 Å². The quantitative estimate of drug-likeness (QED) is 0.674. The number of amides is 1. The van der Waals surface area contributed by atoms with Crippen molar-refractivity contribution in [1.82, 2.24) is 4.90 Å². The molecule has 3 heteroatoms. The Morgan fingerprint density at radius 1 is 1.29 bits per heavy atom. The summed E-state index contributed by atoms with van der Waals surface area (Å²) in [4.78, 5) is 13.4. The number of allylic oxidation sites excluding steroid dienone is 3. The van der Waals surface area contributed by atoms with Crippen molar-refractivity contribution in [1.29, 1.82) is 5.41 Å². The predicted octanol–water partition coefficient (Wildman–Crippen LogP) is 1.86. The van der Waals surface area contributed by atoms with Gasteiger partial charge in [0.2, 0.25) is 5.91 Å². The van der Waals surface area contributed by atoms with E-state index >= 15 is 0 Å². The van der Waals surface area contributed by atoms with Crippen LogP contribution in [0.5, 0.6) is 0 Å². The number of carbonyl (C=O) groups excluding carboxylic acids is 1. The number of carbonyl (C=O) groups is 1. The third-order valence-electron chi connectivity index (χ3n) is 2.62. The normalized spacial score (nSPS) is 22.6. The van der Waals surface area contributed by atoms with Crippen molar-refractivity contribution in [3.63, 3.8) is 0 Å². The molecule has 0 spiro atoms. The van der Waals surface area contributed by atoms with Crippen LogP contribution in [0.2, 0.25) is 0 Å². The Balaban J connectivity index is 2.11. The standard InChI is InChI=1S/C11H14N2O/c12-9-4-6-10(7-5-9)13-8-2-1-3-11(13)14/h4,6-7,12H,1-3,5,8H2. The molecular formula is C11H14N2O. The van der Waals surface area contributed by atoms with E-state index in [1.807, 2.05) is 17.1 Å². The summed E-state index contributed by atoms with van der Waals surface area (Å²) < 4.78 is 0. The van der Waals surface area contributed by atoms with Crippen LogP contribution in [0.4, 0.5) is 0 Å². The summed E-state index contributed by atoms with van der Waals surface area (Å²) in [7, 11) is 0. The third kappa shape index (κ3) is 1.76. The zero-order valence-electron chi connectivity index (χ0n) is 8.12. The fraction of sp³-hybridized carbons (Fsp3) is 0.455. The molecule has 0 aromatic heterocycles. The minimum atomic E-state index is 0.223. The van der Waals surface area contributed by atoms with E-state index < -0.39 is 0 Å². The molecule has 1 saturated heterocycles. The number of hydrogen-bond acceptors (Lipinski definition) is 2. The summed E-state index contributed by atoms with van der Waals surface area (Å²) in [5.74, 6) is 0.223. The zero-order valence-corrected chi connectivity index (χ0v) is 8.12. The topological polar surface area (TPSA) is 44.2 Å². The molecule has 1 heterocycles. The second kappa shape index (κ2) is 3.78. The van der Waals surface area contributed by atoms with E-state index in [2.05, 4.69) is 0 Å². The molecule has 2 aliphatic rings. The molecule has 0 aromatic carbocycles. The number of hydrogen-bond donors (Lipinski definition) is 1. The Morgan fingerprint density at radius 3 is 2.79 bits per heavy atom. The first kappa shape index (κ1) is 9.19. The summed E-state index contributed by atoms with van der Waals surface area (Å²) in [6.07, 6.45) is 9.03. The first-order chi connectivity index (χ1) is 6.77. The highest BCUT2D eigenvalue weighted by Crippen LogP contribution is 2.19. The van der Waals surface area contributed by atoms with Crippen LogP contribution >= 0.6 is 0 Å². The molecule has 74 valence electrons. The highest BCUT2D eigenvalue weighted by molar-refractivity contribution is 5.95. The fourth-order valence-electron chi connectivity index (χ4n) is 1.82. The molecule has 1 aliphatic carbocycles. The van der Waals surface area contributed by atoms with Crippen molar-refractivity contribution in [3.8, 4) is 0 Å². The van der Waals surface area contributed by atoms with E-state index in [0.717, 1.165) is 25.1 Å². The van der Waals surface area contributed by atoms with Gasteiger partial charge < -0.3 is 10.3 Å². The predicted molar refractivity (Wildman–Crippen MR) is 55.1 cm³/mol. The molecule has 1 aliphatic heterocycles. The Bertz CT molecular complexity index is 328. The largest absolute Gasteiger partial charge is 0.313 e. The van der Waals surface area contributed by atoms with Crippen LogP contribution in [0.3, 0.4) is 0 Å².